The minimum atomic E-state index is 0.566. The summed E-state index contributed by atoms with van der Waals surface area (Å²) in [7, 11) is 0. The molecule has 102 valence electrons. The highest BCUT2D eigenvalue weighted by atomic mass is 79.9. The Morgan fingerprint density at radius 2 is 2.21 bits per heavy atom. The number of nitrogens with one attached hydrogen (secondary N) is 1. The van der Waals surface area contributed by atoms with Crippen molar-refractivity contribution < 1.29 is 9.15 Å². The first-order valence-corrected chi connectivity index (χ1v) is 7.26. The first kappa shape index (κ1) is 14.3. The monoisotopic (exact) mass is 343 g/mol. The van der Waals surface area contributed by atoms with Crippen molar-refractivity contribution in [2.75, 3.05) is 11.9 Å². The van der Waals surface area contributed by atoms with E-state index < -0.39 is 0 Å². The Balaban J connectivity index is 2.09. The molecule has 0 bridgehead atoms. The summed E-state index contributed by atoms with van der Waals surface area (Å²) in [5, 5.41) is 3.94. The fourth-order valence-corrected chi connectivity index (χ4v) is 2.12. The number of rotatable bonds is 6. The lowest BCUT2D eigenvalue weighted by molar-refractivity contribution is 0.318. The van der Waals surface area contributed by atoms with Crippen LogP contribution in [0.4, 0.5) is 5.69 Å². The lowest BCUT2D eigenvalue weighted by Crippen LogP contribution is -2.03. The van der Waals surface area contributed by atoms with Crippen LogP contribution in [0.15, 0.2) is 39.4 Å². The van der Waals surface area contributed by atoms with Gasteiger partial charge in [-0.2, -0.15) is 0 Å². The van der Waals surface area contributed by atoms with Crippen LogP contribution in [0.2, 0.25) is 5.02 Å². The van der Waals surface area contributed by atoms with Crippen LogP contribution in [0, 0.1) is 0 Å². The summed E-state index contributed by atoms with van der Waals surface area (Å²) in [6.07, 6.45) is 2.61. The molecule has 1 aromatic carbocycles. The largest absolute Gasteiger partial charge is 0.491 e. The second kappa shape index (κ2) is 6.87. The molecule has 2 aromatic rings. The highest BCUT2D eigenvalue weighted by Crippen LogP contribution is 2.29. The third-order valence-electron chi connectivity index (χ3n) is 2.53. The van der Waals surface area contributed by atoms with Crippen molar-refractivity contribution in [3.05, 3.63) is 45.8 Å². The Hall–Kier alpha value is -1.13. The average molecular weight is 345 g/mol. The zero-order valence-electron chi connectivity index (χ0n) is 10.6. The minimum Gasteiger partial charge on any atom is -0.491 e. The molecule has 1 aromatic heterocycles. The third-order valence-corrected chi connectivity index (χ3v) is 3.48. The second-order valence-electron chi connectivity index (χ2n) is 4.03. The van der Waals surface area contributed by atoms with Crippen LogP contribution in [-0.4, -0.2) is 6.61 Å². The molecule has 0 saturated carbocycles. The predicted octanol–water partition coefficient (Wildman–Crippen LogP) is 5.10. The maximum atomic E-state index is 6.01. The molecule has 0 aliphatic rings. The summed E-state index contributed by atoms with van der Waals surface area (Å²) >= 11 is 9.44. The molecule has 0 fully saturated rings. The van der Waals surface area contributed by atoms with E-state index in [-0.39, 0.29) is 0 Å². The van der Waals surface area contributed by atoms with E-state index in [4.69, 9.17) is 20.8 Å². The molecule has 0 aliphatic carbocycles. The summed E-state index contributed by atoms with van der Waals surface area (Å²) in [6.45, 7) is 3.32. The van der Waals surface area contributed by atoms with Gasteiger partial charge in [-0.1, -0.05) is 18.5 Å². The van der Waals surface area contributed by atoms with Crippen LogP contribution in [0.25, 0.3) is 0 Å². The van der Waals surface area contributed by atoms with Crippen molar-refractivity contribution in [2.45, 2.75) is 19.9 Å². The standard InChI is InChI=1S/C14H15BrClNO2/c1-2-6-18-13-4-3-10(16)8-12(13)17-9-14-11(15)5-7-19-14/h3-5,7-8,17H,2,6,9H2,1H3. The molecule has 0 radical (unpaired) electrons. The fourth-order valence-electron chi connectivity index (χ4n) is 1.60. The van der Waals surface area contributed by atoms with Gasteiger partial charge in [0, 0.05) is 5.02 Å². The van der Waals surface area contributed by atoms with Gasteiger partial charge in [-0.15, -0.1) is 0 Å². The quantitative estimate of drug-likeness (QED) is 0.792. The normalized spacial score (nSPS) is 10.5. The molecular weight excluding hydrogens is 330 g/mol. The van der Waals surface area contributed by atoms with Gasteiger partial charge in [0.25, 0.3) is 0 Å². The molecule has 1 N–H and O–H groups in total. The second-order valence-corrected chi connectivity index (χ2v) is 5.32. The summed E-state index contributed by atoms with van der Waals surface area (Å²) in [5.41, 5.74) is 0.865. The smallest absolute Gasteiger partial charge is 0.142 e. The Bertz CT molecular complexity index is 542. The molecule has 5 heteroatoms. The van der Waals surface area contributed by atoms with Crippen LogP contribution in [0.3, 0.4) is 0 Å². The molecule has 0 atom stereocenters. The van der Waals surface area contributed by atoms with Crippen molar-refractivity contribution in [3.63, 3.8) is 0 Å². The average Bonchev–Trinajstić information content (AvgIpc) is 2.81. The Morgan fingerprint density at radius 1 is 1.37 bits per heavy atom. The van der Waals surface area contributed by atoms with Gasteiger partial charge in [-0.25, -0.2) is 0 Å². The van der Waals surface area contributed by atoms with E-state index in [0.717, 1.165) is 28.1 Å². The Labute approximate surface area is 126 Å². The van der Waals surface area contributed by atoms with Crippen LogP contribution < -0.4 is 10.1 Å². The molecular formula is C14H15BrClNO2. The topological polar surface area (TPSA) is 34.4 Å². The zero-order chi connectivity index (χ0) is 13.7. The summed E-state index contributed by atoms with van der Waals surface area (Å²) in [4.78, 5) is 0. The number of ether oxygens (including phenoxy) is 1. The SMILES string of the molecule is CCCOc1ccc(Cl)cc1NCc1occc1Br. The van der Waals surface area contributed by atoms with E-state index in [2.05, 4.69) is 28.2 Å². The van der Waals surface area contributed by atoms with E-state index in [9.17, 15) is 0 Å². The zero-order valence-corrected chi connectivity index (χ0v) is 12.9. The van der Waals surface area contributed by atoms with Gasteiger partial charge in [0.05, 0.1) is 29.6 Å². The molecule has 3 nitrogen and oxygen atoms in total. The van der Waals surface area contributed by atoms with Gasteiger partial charge in [-0.3, -0.25) is 0 Å². The number of hydrogen-bond donors (Lipinski definition) is 1. The lowest BCUT2D eigenvalue weighted by atomic mass is 10.3. The van der Waals surface area contributed by atoms with Gasteiger partial charge in [-0.05, 0) is 46.6 Å². The molecule has 2 rings (SSSR count). The molecule has 0 aliphatic heterocycles. The van der Waals surface area contributed by atoms with Crippen molar-refractivity contribution in [3.8, 4) is 5.75 Å². The van der Waals surface area contributed by atoms with Gasteiger partial charge >= 0.3 is 0 Å². The molecule has 0 saturated heterocycles. The number of benzene rings is 1. The molecule has 0 amide bonds. The Morgan fingerprint density at radius 3 is 2.89 bits per heavy atom. The fraction of sp³-hybridized carbons (Fsp3) is 0.286. The van der Waals surface area contributed by atoms with Gasteiger partial charge in [0.2, 0.25) is 0 Å². The van der Waals surface area contributed by atoms with Gasteiger partial charge in [0.15, 0.2) is 0 Å². The van der Waals surface area contributed by atoms with Crippen LogP contribution in [0.1, 0.15) is 19.1 Å². The number of anilines is 1. The van der Waals surface area contributed by atoms with E-state index in [1.54, 1.807) is 6.26 Å². The third kappa shape index (κ3) is 3.91. The summed E-state index contributed by atoms with van der Waals surface area (Å²) < 4.78 is 12.0. The molecule has 19 heavy (non-hydrogen) atoms. The van der Waals surface area contributed by atoms with Crippen LogP contribution in [-0.2, 0) is 6.54 Å². The van der Waals surface area contributed by atoms with Crippen molar-refractivity contribution in [1.29, 1.82) is 0 Å². The molecule has 0 unspecified atom stereocenters. The number of halogens is 2. The van der Waals surface area contributed by atoms with E-state index in [1.165, 1.54) is 0 Å². The van der Waals surface area contributed by atoms with Gasteiger partial charge < -0.3 is 14.5 Å². The van der Waals surface area contributed by atoms with Crippen molar-refractivity contribution in [2.24, 2.45) is 0 Å². The maximum Gasteiger partial charge on any atom is 0.142 e. The first-order valence-electron chi connectivity index (χ1n) is 6.08. The maximum absolute atomic E-state index is 6.01. The van der Waals surface area contributed by atoms with Crippen LogP contribution >= 0.6 is 27.5 Å². The van der Waals surface area contributed by atoms with E-state index in [0.29, 0.717) is 18.2 Å². The summed E-state index contributed by atoms with van der Waals surface area (Å²) in [5.74, 6) is 1.63. The highest BCUT2D eigenvalue weighted by Gasteiger charge is 2.07. The molecule has 0 spiro atoms. The van der Waals surface area contributed by atoms with E-state index in [1.807, 2.05) is 24.3 Å². The summed E-state index contributed by atoms with van der Waals surface area (Å²) in [6, 6.07) is 7.41. The van der Waals surface area contributed by atoms with E-state index >= 15 is 0 Å². The predicted molar refractivity (Wildman–Crippen MR) is 81.0 cm³/mol. The number of hydrogen-bond acceptors (Lipinski definition) is 3. The Kier molecular flexibility index (Phi) is 5.16. The lowest BCUT2D eigenvalue weighted by Gasteiger charge is -2.12. The molecule has 1 heterocycles. The van der Waals surface area contributed by atoms with Crippen molar-refractivity contribution in [1.82, 2.24) is 0 Å². The highest BCUT2D eigenvalue weighted by molar-refractivity contribution is 9.10. The van der Waals surface area contributed by atoms with Crippen molar-refractivity contribution >= 4 is 33.2 Å². The minimum absolute atomic E-state index is 0.566. The van der Waals surface area contributed by atoms with Gasteiger partial charge in [0.1, 0.15) is 11.5 Å². The number of furan rings is 1. The van der Waals surface area contributed by atoms with Crippen LogP contribution in [0.5, 0.6) is 5.75 Å². The first-order chi connectivity index (χ1) is 9.20.